The van der Waals surface area contributed by atoms with Gasteiger partial charge in [0, 0.05) is 19.8 Å². The fourth-order valence-electron chi connectivity index (χ4n) is 1.99. The van der Waals surface area contributed by atoms with Crippen molar-refractivity contribution in [2.75, 3.05) is 0 Å². The van der Waals surface area contributed by atoms with Gasteiger partial charge >= 0.3 is 11.9 Å². The molecule has 0 spiro atoms. The Morgan fingerprint density at radius 3 is 2.19 bits per heavy atom. The van der Waals surface area contributed by atoms with Gasteiger partial charge in [-0.2, -0.15) is 0 Å². The lowest BCUT2D eigenvalue weighted by molar-refractivity contribution is -0.199. The molecule has 2 unspecified atom stereocenters. The van der Waals surface area contributed by atoms with E-state index in [0.717, 1.165) is 19.3 Å². The highest BCUT2D eigenvalue weighted by Gasteiger charge is 2.31. The van der Waals surface area contributed by atoms with Crippen molar-refractivity contribution >= 4 is 11.9 Å². The summed E-state index contributed by atoms with van der Waals surface area (Å²) in [6, 6.07) is 0. The topological polar surface area (TPSA) is 72.8 Å². The average molecular weight is 230 g/mol. The standard InChI is InChI=1S/C11H18O5/c1-7(12)15-11(16-8(2)13)9-4-3-5-10(14)6-9/h9-11,14H,3-6H2,1-2H3. The molecule has 0 heterocycles. The van der Waals surface area contributed by atoms with Crippen LogP contribution in [0, 0.1) is 5.92 Å². The lowest BCUT2D eigenvalue weighted by Crippen LogP contribution is -2.35. The Kier molecular flexibility index (Phi) is 4.73. The average Bonchev–Trinajstić information content (AvgIpc) is 2.15. The summed E-state index contributed by atoms with van der Waals surface area (Å²) in [4.78, 5) is 21.8. The van der Waals surface area contributed by atoms with Crippen LogP contribution in [0.15, 0.2) is 0 Å². The van der Waals surface area contributed by atoms with Crippen molar-refractivity contribution in [3.05, 3.63) is 0 Å². The van der Waals surface area contributed by atoms with Crippen molar-refractivity contribution in [2.45, 2.75) is 51.9 Å². The highest BCUT2D eigenvalue weighted by molar-refractivity contribution is 5.68. The Morgan fingerprint density at radius 2 is 1.75 bits per heavy atom. The maximum Gasteiger partial charge on any atom is 0.305 e. The largest absolute Gasteiger partial charge is 0.425 e. The third kappa shape index (κ3) is 4.18. The molecule has 0 bridgehead atoms. The predicted octanol–water partition coefficient (Wildman–Crippen LogP) is 0.990. The van der Waals surface area contributed by atoms with Gasteiger partial charge in [-0.3, -0.25) is 9.59 Å². The van der Waals surface area contributed by atoms with E-state index in [1.807, 2.05) is 0 Å². The van der Waals surface area contributed by atoms with Gasteiger partial charge in [0.1, 0.15) is 0 Å². The molecule has 0 aromatic carbocycles. The van der Waals surface area contributed by atoms with Crippen molar-refractivity contribution in [2.24, 2.45) is 5.92 Å². The summed E-state index contributed by atoms with van der Waals surface area (Å²) >= 11 is 0. The summed E-state index contributed by atoms with van der Waals surface area (Å²) in [6.45, 7) is 2.55. The zero-order valence-electron chi connectivity index (χ0n) is 9.64. The summed E-state index contributed by atoms with van der Waals surface area (Å²) < 4.78 is 9.91. The molecule has 1 aliphatic rings. The first-order valence-corrected chi connectivity index (χ1v) is 5.51. The molecular formula is C11H18O5. The van der Waals surface area contributed by atoms with Gasteiger partial charge < -0.3 is 14.6 Å². The van der Waals surface area contributed by atoms with Gasteiger partial charge in [0.25, 0.3) is 0 Å². The molecule has 92 valence electrons. The molecule has 2 atom stereocenters. The number of ether oxygens (including phenoxy) is 2. The van der Waals surface area contributed by atoms with E-state index in [0.29, 0.717) is 6.42 Å². The minimum Gasteiger partial charge on any atom is -0.425 e. The molecule has 1 fully saturated rings. The molecule has 16 heavy (non-hydrogen) atoms. The Balaban J connectivity index is 2.58. The van der Waals surface area contributed by atoms with Crippen LogP contribution < -0.4 is 0 Å². The van der Waals surface area contributed by atoms with Crippen LogP contribution in [0.5, 0.6) is 0 Å². The van der Waals surface area contributed by atoms with Crippen LogP contribution in [-0.2, 0) is 19.1 Å². The molecule has 5 nitrogen and oxygen atoms in total. The van der Waals surface area contributed by atoms with Crippen molar-refractivity contribution < 1.29 is 24.2 Å². The highest BCUT2D eigenvalue weighted by atomic mass is 16.7. The monoisotopic (exact) mass is 230 g/mol. The van der Waals surface area contributed by atoms with Crippen LogP contribution in [0.3, 0.4) is 0 Å². The molecule has 0 saturated heterocycles. The van der Waals surface area contributed by atoms with E-state index >= 15 is 0 Å². The summed E-state index contributed by atoms with van der Waals surface area (Å²) in [6.07, 6.45) is 1.65. The van der Waals surface area contributed by atoms with E-state index in [-0.39, 0.29) is 5.92 Å². The van der Waals surface area contributed by atoms with E-state index in [1.165, 1.54) is 13.8 Å². The molecule has 1 aliphatic carbocycles. The van der Waals surface area contributed by atoms with E-state index in [2.05, 4.69) is 0 Å². The van der Waals surface area contributed by atoms with Gasteiger partial charge in [-0.15, -0.1) is 0 Å². The molecule has 0 aliphatic heterocycles. The third-order valence-electron chi connectivity index (χ3n) is 2.64. The quantitative estimate of drug-likeness (QED) is 0.578. The fraction of sp³-hybridized carbons (Fsp3) is 0.818. The first-order valence-electron chi connectivity index (χ1n) is 5.51. The Bertz CT molecular complexity index is 247. The fourth-order valence-corrected chi connectivity index (χ4v) is 1.99. The van der Waals surface area contributed by atoms with Gasteiger partial charge in [-0.1, -0.05) is 6.42 Å². The number of rotatable bonds is 3. The molecular weight excluding hydrogens is 212 g/mol. The van der Waals surface area contributed by atoms with Crippen molar-refractivity contribution in [1.29, 1.82) is 0 Å². The minimum absolute atomic E-state index is 0.100. The summed E-state index contributed by atoms with van der Waals surface area (Å²) in [5.41, 5.74) is 0. The van der Waals surface area contributed by atoms with Crippen LogP contribution in [0.4, 0.5) is 0 Å². The first-order chi connectivity index (χ1) is 7.49. The minimum atomic E-state index is -0.857. The smallest absolute Gasteiger partial charge is 0.305 e. The number of carbonyl (C=O) groups excluding carboxylic acids is 2. The Morgan fingerprint density at radius 1 is 1.19 bits per heavy atom. The zero-order chi connectivity index (χ0) is 12.1. The van der Waals surface area contributed by atoms with Crippen LogP contribution in [0.2, 0.25) is 0 Å². The number of carbonyl (C=O) groups is 2. The summed E-state index contributed by atoms with van der Waals surface area (Å²) in [7, 11) is 0. The van der Waals surface area contributed by atoms with E-state index < -0.39 is 24.3 Å². The maximum absolute atomic E-state index is 10.9. The number of hydrogen-bond donors (Lipinski definition) is 1. The number of esters is 2. The Labute approximate surface area is 94.7 Å². The van der Waals surface area contributed by atoms with Crippen molar-refractivity contribution in [1.82, 2.24) is 0 Å². The van der Waals surface area contributed by atoms with Gasteiger partial charge in [0.05, 0.1) is 6.10 Å². The Hall–Kier alpha value is -1.10. The second-order valence-corrected chi connectivity index (χ2v) is 4.17. The van der Waals surface area contributed by atoms with Crippen LogP contribution in [0.1, 0.15) is 39.5 Å². The summed E-state index contributed by atoms with van der Waals surface area (Å²) in [5.74, 6) is -1.06. The van der Waals surface area contributed by atoms with E-state index in [9.17, 15) is 14.7 Å². The third-order valence-corrected chi connectivity index (χ3v) is 2.64. The number of aliphatic hydroxyl groups excluding tert-OH is 1. The first kappa shape index (κ1) is 13.0. The van der Waals surface area contributed by atoms with Crippen LogP contribution in [0.25, 0.3) is 0 Å². The highest BCUT2D eigenvalue weighted by Crippen LogP contribution is 2.29. The maximum atomic E-state index is 10.9. The van der Waals surface area contributed by atoms with Crippen LogP contribution >= 0.6 is 0 Å². The molecule has 1 N–H and O–H groups in total. The second-order valence-electron chi connectivity index (χ2n) is 4.17. The van der Waals surface area contributed by atoms with Gasteiger partial charge in [0.15, 0.2) is 0 Å². The van der Waals surface area contributed by atoms with Gasteiger partial charge in [-0.05, 0) is 19.3 Å². The van der Waals surface area contributed by atoms with E-state index in [1.54, 1.807) is 0 Å². The number of hydrogen-bond acceptors (Lipinski definition) is 5. The predicted molar refractivity (Wildman–Crippen MR) is 55.3 cm³/mol. The van der Waals surface area contributed by atoms with Crippen molar-refractivity contribution in [3.8, 4) is 0 Å². The van der Waals surface area contributed by atoms with Crippen molar-refractivity contribution in [3.63, 3.8) is 0 Å². The van der Waals surface area contributed by atoms with E-state index in [4.69, 9.17) is 9.47 Å². The normalized spacial score (nSPS) is 25.2. The SMILES string of the molecule is CC(=O)OC(OC(C)=O)C1CCCC(O)C1. The molecule has 0 amide bonds. The second kappa shape index (κ2) is 5.84. The number of aliphatic hydroxyl groups is 1. The summed E-state index contributed by atoms with van der Waals surface area (Å²) in [5, 5.41) is 9.52. The molecule has 0 radical (unpaired) electrons. The molecule has 5 heteroatoms. The van der Waals surface area contributed by atoms with Gasteiger partial charge in [-0.25, -0.2) is 0 Å². The molecule has 1 rings (SSSR count). The van der Waals surface area contributed by atoms with Crippen LogP contribution in [-0.4, -0.2) is 29.4 Å². The lowest BCUT2D eigenvalue weighted by atomic mass is 9.87. The molecule has 1 saturated carbocycles. The lowest BCUT2D eigenvalue weighted by Gasteiger charge is -2.31. The molecule has 0 aromatic rings. The van der Waals surface area contributed by atoms with Gasteiger partial charge in [0.2, 0.25) is 6.29 Å². The zero-order valence-corrected chi connectivity index (χ0v) is 9.64. The molecule has 0 aromatic heterocycles.